The Morgan fingerprint density at radius 2 is 2.05 bits per heavy atom. The number of allylic oxidation sites excluding steroid dienone is 1. The minimum Gasteiger partial charge on any atom is -0.468 e. The summed E-state index contributed by atoms with van der Waals surface area (Å²) < 4.78 is 5.98. The number of rotatable bonds is 0. The normalized spacial score (nSPS) is 23.1. The van der Waals surface area contributed by atoms with Crippen LogP contribution in [0.5, 0.6) is 5.75 Å². The van der Waals surface area contributed by atoms with Crippen molar-refractivity contribution in [3.8, 4) is 5.75 Å². The molecule has 4 rings (SSSR count). The second-order valence-corrected chi connectivity index (χ2v) is 4.78. The zero-order valence-electron chi connectivity index (χ0n) is 10.2. The van der Waals surface area contributed by atoms with E-state index in [1.807, 2.05) is 42.5 Å². The molecule has 3 heteroatoms. The Kier molecular flexibility index (Phi) is 1.96. The van der Waals surface area contributed by atoms with E-state index in [1.165, 1.54) is 0 Å². The van der Waals surface area contributed by atoms with Gasteiger partial charge in [0.15, 0.2) is 0 Å². The Balaban J connectivity index is 1.96. The van der Waals surface area contributed by atoms with Gasteiger partial charge in [0, 0.05) is 6.20 Å². The summed E-state index contributed by atoms with van der Waals surface area (Å²) in [6.07, 6.45) is 6.32. The van der Waals surface area contributed by atoms with E-state index in [9.17, 15) is 4.79 Å². The maximum atomic E-state index is 12.7. The number of pyridine rings is 1. The van der Waals surface area contributed by atoms with Crippen LogP contribution in [-0.4, -0.2) is 10.8 Å². The van der Waals surface area contributed by atoms with Crippen LogP contribution < -0.4 is 4.74 Å². The number of nitrogens with zero attached hydrogens (tertiary/aromatic N) is 1. The van der Waals surface area contributed by atoms with Crippen LogP contribution in [0.1, 0.15) is 21.6 Å². The number of hydrogen-bond donors (Lipinski definition) is 0. The van der Waals surface area contributed by atoms with Gasteiger partial charge in [0.1, 0.15) is 5.75 Å². The second kappa shape index (κ2) is 3.54. The largest absolute Gasteiger partial charge is 0.468 e. The standard InChI is InChI=1S/C16H11NO2/c18-15-12-7-1-2-8-13(12)19-16(15)9-3-5-11-6-4-10-17-14(11)16/h1-4,6-10H,5H2. The van der Waals surface area contributed by atoms with Crippen LogP contribution in [0, 0.1) is 0 Å². The highest BCUT2D eigenvalue weighted by molar-refractivity contribution is 6.09. The summed E-state index contributed by atoms with van der Waals surface area (Å²) in [4.78, 5) is 17.1. The molecular weight excluding hydrogens is 238 g/mol. The number of hydrogen-bond acceptors (Lipinski definition) is 3. The van der Waals surface area contributed by atoms with Gasteiger partial charge < -0.3 is 4.74 Å². The maximum absolute atomic E-state index is 12.7. The smallest absolute Gasteiger partial charge is 0.232 e. The zero-order chi connectivity index (χ0) is 12.9. The van der Waals surface area contributed by atoms with Gasteiger partial charge in [-0.25, -0.2) is 0 Å². The highest BCUT2D eigenvalue weighted by atomic mass is 16.5. The van der Waals surface area contributed by atoms with Crippen LogP contribution in [0.4, 0.5) is 0 Å². The molecule has 0 radical (unpaired) electrons. The third-order valence-corrected chi connectivity index (χ3v) is 3.67. The van der Waals surface area contributed by atoms with Crippen LogP contribution >= 0.6 is 0 Å². The Hall–Kier alpha value is -2.42. The molecule has 0 saturated heterocycles. The molecule has 19 heavy (non-hydrogen) atoms. The fraction of sp³-hybridized carbons (Fsp3) is 0.125. The Bertz CT molecular complexity index is 720. The lowest BCUT2D eigenvalue weighted by Gasteiger charge is -2.27. The zero-order valence-corrected chi connectivity index (χ0v) is 10.2. The van der Waals surface area contributed by atoms with E-state index < -0.39 is 5.60 Å². The molecule has 1 aliphatic carbocycles. The lowest BCUT2D eigenvalue weighted by atomic mass is 9.84. The maximum Gasteiger partial charge on any atom is 0.232 e. The van der Waals surface area contributed by atoms with Gasteiger partial charge in [-0.05, 0) is 36.3 Å². The highest BCUT2D eigenvalue weighted by Gasteiger charge is 2.50. The van der Waals surface area contributed by atoms with Crippen molar-refractivity contribution in [1.82, 2.24) is 4.98 Å². The van der Waals surface area contributed by atoms with Gasteiger partial charge in [0.05, 0.1) is 11.3 Å². The van der Waals surface area contributed by atoms with Gasteiger partial charge >= 0.3 is 0 Å². The summed E-state index contributed by atoms with van der Waals surface area (Å²) in [6, 6.07) is 11.2. The minimum absolute atomic E-state index is 0.0287. The average molecular weight is 249 g/mol. The molecule has 1 aromatic carbocycles. The number of ketones is 1. The van der Waals surface area contributed by atoms with Crippen molar-refractivity contribution in [1.29, 1.82) is 0 Å². The average Bonchev–Trinajstić information content (AvgIpc) is 2.74. The molecule has 3 nitrogen and oxygen atoms in total. The molecule has 0 amide bonds. The van der Waals surface area contributed by atoms with Crippen LogP contribution in [0.15, 0.2) is 54.7 Å². The molecule has 1 unspecified atom stereocenters. The predicted octanol–water partition coefficient (Wildman–Crippen LogP) is 2.66. The molecule has 92 valence electrons. The van der Waals surface area contributed by atoms with Gasteiger partial charge in [-0.1, -0.05) is 24.3 Å². The summed E-state index contributed by atoms with van der Waals surface area (Å²) in [5, 5.41) is 0. The van der Waals surface area contributed by atoms with Crippen LogP contribution in [0.25, 0.3) is 0 Å². The van der Waals surface area contributed by atoms with E-state index in [0.29, 0.717) is 11.3 Å². The third-order valence-electron chi connectivity index (χ3n) is 3.67. The number of para-hydroxylation sites is 1. The second-order valence-electron chi connectivity index (χ2n) is 4.78. The molecule has 0 N–H and O–H groups in total. The SMILES string of the molecule is O=C1c2ccccc2OC12C=CCc1cccnc12. The van der Waals surface area contributed by atoms with Crippen molar-refractivity contribution in [2.24, 2.45) is 0 Å². The summed E-state index contributed by atoms with van der Waals surface area (Å²) in [6.45, 7) is 0. The first kappa shape index (κ1) is 10.5. The molecule has 0 saturated carbocycles. The molecule has 1 aromatic heterocycles. The molecule has 2 aromatic rings. The highest BCUT2D eigenvalue weighted by Crippen LogP contribution is 2.44. The summed E-state index contributed by atoms with van der Waals surface area (Å²) in [5.74, 6) is 0.606. The fourth-order valence-corrected chi connectivity index (χ4v) is 2.80. The van der Waals surface area contributed by atoms with E-state index in [2.05, 4.69) is 4.98 Å². The number of fused-ring (bicyclic) bond motifs is 3. The van der Waals surface area contributed by atoms with Gasteiger partial charge in [0.25, 0.3) is 0 Å². The monoisotopic (exact) mass is 249 g/mol. The summed E-state index contributed by atoms with van der Waals surface area (Å²) in [5.41, 5.74) is 1.34. The quantitative estimate of drug-likeness (QED) is 0.674. The first-order chi connectivity index (χ1) is 9.31. The first-order valence-electron chi connectivity index (χ1n) is 6.26. The van der Waals surface area contributed by atoms with E-state index in [4.69, 9.17) is 4.74 Å². The van der Waals surface area contributed by atoms with Gasteiger partial charge in [-0.15, -0.1) is 0 Å². The Morgan fingerprint density at radius 1 is 1.16 bits per heavy atom. The van der Waals surface area contributed by atoms with E-state index in [-0.39, 0.29) is 5.78 Å². The number of Topliss-reactive ketones (excluding diaryl/α,β-unsaturated/α-hetero) is 1. The minimum atomic E-state index is -1.06. The Labute approximate surface area is 110 Å². The van der Waals surface area contributed by atoms with Crippen molar-refractivity contribution in [3.05, 3.63) is 71.6 Å². The summed E-state index contributed by atoms with van der Waals surface area (Å²) in [7, 11) is 0. The summed E-state index contributed by atoms with van der Waals surface area (Å²) >= 11 is 0. The molecule has 2 aliphatic rings. The molecule has 2 heterocycles. The topological polar surface area (TPSA) is 39.2 Å². The third kappa shape index (κ3) is 1.27. The van der Waals surface area contributed by atoms with Crippen LogP contribution in [0.2, 0.25) is 0 Å². The molecular formula is C16H11NO2. The Morgan fingerprint density at radius 3 is 2.95 bits per heavy atom. The van der Waals surface area contributed by atoms with Crippen molar-refractivity contribution < 1.29 is 9.53 Å². The van der Waals surface area contributed by atoms with Crippen molar-refractivity contribution >= 4 is 5.78 Å². The lowest BCUT2D eigenvalue weighted by Crippen LogP contribution is -2.38. The number of aromatic nitrogens is 1. The number of benzene rings is 1. The van der Waals surface area contributed by atoms with Crippen molar-refractivity contribution in [2.75, 3.05) is 0 Å². The first-order valence-corrected chi connectivity index (χ1v) is 6.26. The number of ether oxygens (including phenoxy) is 1. The van der Waals surface area contributed by atoms with Crippen LogP contribution in [-0.2, 0) is 12.0 Å². The molecule has 1 spiro atoms. The van der Waals surface area contributed by atoms with E-state index in [1.54, 1.807) is 12.3 Å². The fourth-order valence-electron chi connectivity index (χ4n) is 2.80. The van der Waals surface area contributed by atoms with Gasteiger partial charge in [-0.3, -0.25) is 9.78 Å². The van der Waals surface area contributed by atoms with E-state index in [0.717, 1.165) is 17.7 Å². The number of carbonyl (C=O) groups excluding carboxylic acids is 1. The number of carbonyl (C=O) groups is 1. The van der Waals surface area contributed by atoms with Gasteiger partial charge in [0.2, 0.25) is 11.4 Å². The molecule has 0 fully saturated rings. The molecule has 0 bridgehead atoms. The van der Waals surface area contributed by atoms with Crippen molar-refractivity contribution in [3.63, 3.8) is 0 Å². The van der Waals surface area contributed by atoms with E-state index >= 15 is 0 Å². The lowest BCUT2D eigenvalue weighted by molar-refractivity contribution is 0.0688. The molecule has 1 atom stereocenters. The van der Waals surface area contributed by atoms with Gasteiger partial charge in [-0.2, -0.15) is 0 Å². The predicted molar refractivity (Wildman–Crippen MR) is 70.2 cm³/mol. The van der Waals surface area contributed by atoms with Crippen LogP contribution in [0.3, 0.4) is 0 Å². The van der Waals surface area contributed by atoms with Crippen molar-refractivity contribution in [2.45, 2.75) is 12.0 Å². The molecule has 1 aliphatic heterocycles.